The zero-order valence-electron chi connectivity index (χ0n) is 9.45. The summed E-state index contributed by atoms with van der Waals surface area (Å²) in [6.45, 7) is 4.40. The zero-order valence-corrected chi connectivity index (χ0v) is 9.45. The van der Waals surface area contributed by atoms with Crippen molar-refractivity contribution in [3.8, 4) is 11.8 Å². The fourth-order valence-corrected chi connectivity index (χ4v) is 1.97. The summed E-state index contributed by atoms with van der Waals surface area (Å²) in [6.07, 6.45) is 0.300. The van der Waals surface area contributed by atoms with Gasteiger partial charge in [-0.25, -0.2) is 0 Å². The Morgan fingerprint density at radius 1 is 1.20 bits per heavy atom. The minimum Gasteiger partial charge on any atom is -0.380 e. The van der Waals surface area contributed by atoms with Crippen molar-refractivity contribution >= 4 is 0 Å². The van der Waals surface area contributed by atoms with Crippen LogP contribution in [0.4, 0.5) is 0 Å². The average Bonchev–Trinajstić information content (AvgIpc) is 2.78. The molecule has 0 aromatic heterocycles. The summed E-state index contributed by atoms with van der Waals surface area (Å²) in [6, 6.07) is 10.1. The van der Waals surface area contributed by atoms with Crippen LogP contribution in [0.5, 0.6) is 0 Å². The van der Waals surface area contributed by atoms with Crippen molar-refractivity contribution in [2.24, 2.45) is 11.3 Å². The second-order valence-corrected chi connectivity index (χ2v) is 4.59. The Morgan fingerprint density at radius 2 is 1.87 bits per heavy atom. The number of hydrogen-bond acceptors (Lipinski definition) is 1. The van der Waals surface area contributed by atoms with Gasteiger partial charge < -0.3 is 4.74 Å². The summed E-state index contributed by atoms with van der Waals surface area (Å²) in [5.74, 6) is 6.86. The molecule has 0 saturated heterocycles. The first-order valence-corrected chi connectivity index (χ1v) is 5.25. The van der Waals surface area contributed by atoms with E-state index in [1.807, 2.05) is 30.3 Å². The topological polar surface area (TPSA) is 9.23 Å². The molecule has 78 valence electrons. The van der Waals surface area contributed by atoms with Gasteiger partial charge in [-0.1, -0.05) is 43.9 Å². The number of benzene rings is 1. The number of rotatable bonds is 1. The smallest absolute Gasteiger partial charge is 0.0778 e. The van der Waals surface area contributed by atoms with Crippen molar-refractivity contribution in [1.82, 2.24) is 0 Å². The molecule has 2 unspecified atom stereocenters. The molecule has 1 aliphatic rings. The summed E-state index contributed by atoms with van der Waals surface area (Å²) in [5, 5.41) is 0. The lowest BCUT2D eigenvalue weighted by Gasteiger charge is -1.96. The molecule has 0 radical (unpaired) electrons. The van der Waals surface area contributed by atoms with Crippen LogP contribution in [0.2, 0.25) is 0 Å². The van der Waals surface area contributed by atoms with Crippen molar-refractivity contribution in [1.29, 1.82) is 0 Å². The first-order valence-electron chi connectivity index (χ1n) is 5.25. The largest absolute Gasteiger partial charge is 0.380 e. The van der Waals surface area contributed by atoms with E-state index in [2.05, 4.69) is 25.7 Å². The maximum atomic E-state index is 5.37. The van der Waals surface area contributed by atoms with Crippen LogP contribution in [0, 0.1) is 23.2 Å². The third-order valence-electron chi connectivity index (χ3n) is 3.13. The predicted molar refractivity (Wildman–Crippen MR) is 61.4 cm³/mol. The summed E-state index contributed by atoms with van der Waals surface area (Å²) in [5.41, 5.74) is 1.30. The molecule has 1 heteroatoms. The second-order valence-electron chi connectivity index (χ2n) is 4.59. The molecule has 15 heavy (non-hydrogen) atoms. The van der Waals surface area contributed by atoms with E-state index in [-0.39, 0.29) is 5.41 Å². The zero-order chi connectivity index (χ0) is 10.9. The average molecular weight is 200 g/mol. The van der Waals surface area contributed by atoms with Crippen molar-refractivity contribution in [2.45, 2.75) is 20.0 Å². The third-order valence-corrected chi connectivity index (χ3v) is 3.13. The maximum Gasteiger partial charge on any atom is 0.0778 e. The minimum atomic E-state index is 0.219. The second kappa shape index (κ2) is 3.72. The van der Waals surface area contributed by atoms with Crippen molar-refractivity contribution in [3.05, 3.63) is 35.9 Å². The van der Waals surface area contributed by atoms with Crippen LogP contribution in [0.25, 0.3) is 0 Å². The van der Waals surface area contributed by atoms with Gasteiger partial charge in [-0.3, -0.25) is 0 Å². The highest BCUT2D eigenvalue weighted by atomic mass is 16.5. The quantitative estimate of drug-likeness (QED) is 0.633. The molecule has 0 heterocycles. The highest BCUT2D eigenvalue weighted by Gasteiger charge is 2.57. The van der Waals surface area contributed by atoms with Crippen LogP contribution >= 0.6 is 0 Å². The Bertz CT molecular complexity index is 394. The first kappa shape index (κ1) is 10.3. The van der Waals surface area contributed by atoms with Gasteiger partial charge in [0.1, 0.15) is 0 Å². The van der Waals surface area contributed by atoms with Gasteiger partial charge in [0.15, 0.2) is 0 Å². The summed E-state index contributed by atoms with van der Waals surface area (Å²) >= 11 is 0. The van der Waals surface area contributed by atoms with Crippen LogP contribution in [0.1, 0.15) is 19.4 Å². The summed E-state index contributed by atoms with van der Waals surface area (Å²) in [4.78, 5) is 0. The van der Waals surface area contributed by atoms with Crippen LogP contribution in [0.3, 0.4) is 0 Å². The van der Waals surface area contributed by atoms with Crippen LogP contribution in [-0.2, 0) is 4.74 Å². The molecule has 0 spiro atoms. The summed E-state index contributed by atoms with van der Waals surface area (Å²) < 4.78 is 5.37. The minimum absolute atomic E-state index is 0.219. The van der Waals surface area contributed by atoms with Gasteiger partial charge >= 0.3 is 0 Å². The summed E-state index contributed by atoms with van der Waals surface area (Å²) in [7, 11) is 1.76. The van der Waals surface area contributed by atoms with E-state index in [1.54, 1.807) is 7.11 Å². The van der Waals surface area contributed by atoms with E-state index in [9.17, 15) is 0 Å². The lowest BCUT2D eigenvalue weighted by Crippen LogP contribution is -1.96. The van der Waals surface area contributed by atoms with E-state index >= 15 is 0 Å². The van der Waals surface area contributed by atoms with E-state index in [0.29, 0.717) is 12.0 Å². The van der Waals surface area contributed by atoms with Gasteiger partial charge in [-0.05, 0) is 12.1 Å². The Hall–Kier alpha value is -1.26. The molecular formula is C14H16O. The number of hydrogen-bond donors (Lipinski definition) is 0. The van der Waals surface area contributed by atoms with E-state index in [4.69, 9.17) is 4.74 Å². The highest BCUT2D eigenvalue weighted by molar-refractivity contribution is 5.37. The normalized spacial score (nSPS) is 26.6. The first-order chi connectivity index (χ1) is 7.16. The lowest BCUT2D eigenvalue weighted by atomic mass is 10.1. The van der Waals surface area contributed by atoms with E-state index < -0.39 is 0 Å². The van der Waals surface area contributed by atoms with Crippen LogP contribution in [-0.4, -0.2) is 13.2 Å². The molecular weight excluding hydrogens is 184 g/mol. The van der Waals surface area contributed by atoms with Crippen molar-refractivity contribution in [2.75, 3.05) is 7.11 Å². The van der Waals surface area contributed by atoms with E-state index in [1.165, 1.54) is 0 Å². The maximum absolute atomic E-state index is 5.37. The lowest BCUT2D eigenvalue weighted by molar-refractivity contribution is 0.150. The van der Waals surface area contributed by atoms with E-state index in [0.717, 1.165) is 5.56 Å². The highest BCUT2D eigenvalue weighted by Crippen LogP contribution is 2.53. The third kappa shape index (κ3) is 1.91. The Morgan fingerprint density at radius 3 is 2.40 bits per heavy atom. The molecule has 1 aliphatic carbocycles. The van der Waals surface area contributed by atoms with Gasteiger partial charge in [0.25, 0.3) is 0 Å². The molecule has 1 aromatic carbocycles. The van der Waals surface area contributed by atoms with Crippen molar-refractivity contribution < 1.29 is 4.74 Å². The number of ether oxygens (including phenoxy) is 1. The van der Waals surface area contributed by atoms with Gasteiger partial charge in [0.05, 0.1) is 12.0 Å². The molecule has 1 saturated carbocycles. The molecule has 1 fully saturated rings. The Kier molecular flexibility index (Phi) is 2.54. The molecule has 0 amide bonds. The molecule has 0 bridgehead atoms. The number of methoxy groups -OCH3 is 1. The standard InChI is InChI=1S/C14H16O/c1-14(2)12(13(14)15-3)10-9-11-7-5-4-6-8-11/h4-8,12-13H,1-3H3. The predicted octanol–water partition coefficient (Wildman–Crippen LogP) is 2.71. The van der Waals surface area contributed by atoms with Crippen LogP contribution in [0.15, 0.2) is 30.3 Å². The fourth-order valence-electron chi connectivity index (χ4n) is 1.97. The van der Waals surface area contributed by atoms with Crippen LogP contribution < -0.4 is 0 Å². The SMILES string of the molecule is COC1C(C#Cc2ccccc2)C1(C)C. The molecule has 1 nitrogen and oxygen atoms in total. The molecule has 0 aliphatic heterocycles. The monoisotopic (exact) mass is 200 g/mol. The molecule has 2 rings (SSSR count). The van der Waals surface area contributed by atoms with Gasteiger partial charge in [-0.2, -0.15) is 0 Å². The van der Waals surface area contributed by atoms with Gasteiger partial charge in [0, 0.05) is 18.1 Å². The molecule has 0 N–H and O–H groups in total. The Labute approximate surface area is 91.5 Å². The molecule has 1 aromatic rings. The Balaban J connectivity index is 2.09. The fraction of sp³-hybridized carbons (Fsp3) is 0.429. The van der Waals surface area contributed by atoms with Crippen molar-refractivity contribution in [3.63, 3.8) is 0 Å². The molecule has 2 atom stereocenters. The van der Waals surface area contributed by atoms with Gasteiger partial charge in [0.2, 0.25) is 0 Å². The van der Waals surface area contributed by atoms with Gasteiger partial charge in [-0.15, -0.1) is 0 Å².